The van der Waals surface area contributed by atoms with Crippen molar-refractivity contribution in [2.75, 3.05) is 25.1 Å². The molecule has 1 aromatic heterocycles. The average molecular weight is 425 g/mol. The molecule has 0 unspecified atom stereocenters. The first-order valence-electron chi connectivity index (χ1n) is 10.3. The fourth-order valence-corrected chi connectivity index (χ4v) is 2.95. The van der Waals surface area contributed by atoms with Gasteiger partial charge in [0.2, 0.25) is 11.6 Å². The largest absolute Gasteiger partial charge is 0.490 e. The SMILES string of the molecule is CCOc1cc(-c2nnc(NC(=O)c3ccc(C)c(C)c3)o2)cc(OCC)c1OCC. The molecular formula is C23H27N3O5. The fraction of sp³-hybridized carbons (Fsp3) is 0.348. The molecule has 2 aromatic carbocycles. The van der Waals surface area contributed by atoms with E-state index in [9.17, 15) is 4.79 Å². The van der Waals surface area contributed by atoms with E-state index in [1.54, 1.807) is 18.2 Å². The van der Waals surface area contributed by atoms with E-state index in [1.807, 2.05) is 46.8 Å². The summed E-state index contributed by atoms with van der Waals surface area (Å²) < 4.78 is 22.8. The lowest BCUT2D eigenvalue weighted by atomic mass is 10.1. The third-order valence-corrected chi connectivity index (χ3v) is 4.57. The number of aryl methyl sites for hydroxylation is 2. The lowest BCUT2D eigenvalue weighted by molar-refractivity contribution is 0.102. The summed E-state index contributed by atoms with van der Waals surface area (Å²) in [6, 6.07) is 8.97. The summed E-state index contributed by atoms with van der Waals surface area (Å²) in [5, 5.41) is 10.6. The highest BCUT2D eigenvalue weighted by atomic mass is 16.5. The van der Waals surface area contributed by atoms with Crippen molar-refractivity contribution in [1.29, 1.82) is 0 Å². The number of nitrogens with one attached hydrogen (secondary N) is 1. The van der Waals surface area contributed by atoms with Gasteiger partial charge in [0.25, 0.3) is 5.91 Å². The lowest BCUT2D eigenvalue weighted by Gasteiger charge is -2.16. The van der Waals surface area contributed by atoms with Gasteiger partial charge in [-0.1, -0.05) is 11.2 Å². The Labute approximate surface area is 181 Å². The second-order valence-electron chi connectivity index (χ2n) is 6.77. The fourth-order valence-electron chi connectivity index (χ4n) is 2.95. The number of carbonyl (C=O) groups is 1. The molecule has 31 heavy (non-hydrogen) atoms. The molecule has 1 amide bonds. The van der Waals surface area contributed by atoms with Crippen LogP contribution in [0.1, 0.15) is 42.3 Å². The molecule has 0 saturated carbocycles. The Balaban J connectivity index is 1.88. The molecule has 0 saturated heterocycles. The van der Waals surface area contributed by atoms with Crippen molar-refractivity contribution in [3.63, 3.8) is 0 Å². The number of rotatable bonds is 9. The highest BCUT2D eigenvalue weighted by Crippen LogP contribution is 2.41. The third-order valence-electron chi connectivity index (χ3n) is 4.57. The van der Waals surface area contributed by atoms with Crippen LogP contribution in [0.2, 0.25) is 0 Å². The van der Waals surface area contributed by atoms with Crippen LogP contribution < -0.4 is 19.5 Å². The van der Waals surface area contributed by atoms with Crippen molar-refractivity contribution in [2.24, 2.45) is 0 Å². The maximum Gasteiger partial charge on any atom is 0.322 e. The number of carbonyl (C=O) groups excluding carboxylic acids is 1. The molecule has 0 aliphatic rings. The molecule has 3 aromatic rings. The van der Waals surface area contributed by atoms with Gasteiger partial charge in [-0.05, 0) is 70.0 Å². The van der Waals surface area contributed by atoms with Gasteiger partial charge in [-0.3, -0.25) is 10.1 Å². The number of ether oxygens (including phenoxy) is 3. The summed E-state index contributed by atoms with van der Waals surface area (Å²) in [5.41, 5.74) is 3.25. The molecule has 164 valence electrons. The standard InChI is InChI=1S/C23H27N3O5/c1-6-28-18-12-17(13-19(29-7-2)20(18)30-8-3)22-25-26-23(31-22)24-21(27)16-10-9-14(4)15(5)11-16/h9-13H,6-8H2,1-5H3,(H,24,26,27). The molecule has 8 nitrogen and oxygen atoms in total. The van der Waals surface area contributed by atoms with E-state index >= 15 is 0 Å². The number of hydrogen-bond donors (Lipinski definition) is 1. The van der Waals surface area contributed by atoms with Gasteiger partial charge < -0.3 is 18.6 Å². The zero-order valence-corrected chi connectivity index (χ0v) is 18.4. The van der Waals surface area contributed by atoms with Gasteiger partial charge >= 0.3 is 6.01 Å². The van der Waals surface area contributed by atoms with E-state index in [4.69, 9.17) is 18.6 Å². The molecule has 0 fully saturated rings. The summed E-state index contributed by atoms with van der Waals surface area (Å²) in [5.74, 6) is 1.46. The Morgan fingerprint density at radius 2 is 1.55 bits per heavy atom. The molecule has 0 spiro atoms. The quantitative estimate of drug-likeness (QED) is 0.526. The Kier molecular flexibility index (Phi) is 7.12. The smallest absolute Gasteiger partial charge is 0.322 e. The number of amides is 1. The number of benzene rings is 2. The molecule has 0 aliphatic heterocycles. The maximum absolute atomic E-state index is 12.5. The number of hydrogen-bond acceptors (Lipinski definition) is 7. The molecule has 0 aliphatic carbocycles. The van der Waals surface area contributed by atoms with Gasteiger partial charge in [-0.25, -0.2) is 0 Å². The Morgan fingerprint density at radius 1 is 0.903 bits per heavy atom. The summed E-state index contributed by atoms with van der Waals surface area (Å²) in [7, 11) is 0. The topological polar surface area (TPSA) is 95.7 Å². The minimum Gasteiger partial charge on any atom is -0.490 e. The van der Waals surface area contributed by atoms with E-state index in [-0.39, 0.29) is 17.8 Å². The Hall–Kier alpha value is -3.55. The zero-order valence-electron chi connectivity index (χ0n) is 18.4. The number of nitrogens with zero attached hydrogens (tertiary/aromatic N) is 2. The van der Waals surface area contributed by atoms with Crippen LogP contribution in [0.15, 0.2) is 34.7 Å². The second kappa shape index (κ2) is 9.97. The van der Waals surface area contributed by atoms with Crippen molar-refractivity contribution in [1.82, 2.24) is 10.2 Å². The van der Waals surface area contributed by atoms with Gasteiger partial charge in [-0.15, -0.1) is 5.10 Å². The first-order chi connectivity index (χ1) is 15.0. The van der Waals surface area contributed by atoms with Gasteiger partial charge in [0.15, 0.2) is 11.5 Å². The number of aromatic nitrogens is 2. The minimum absolute atomic E-state index is 0.00281. The third kappa shape index (κ3) is 5.14. The lowest BCUT2D eigenvalue weighted by Crippen LogP contribution is -2.12. The van der Waals surface area contributed by atoms with E-state index in [0.29, 0.717) is 48.2 Å². The first-order valence-corrected chi connectivity index (χ1v) is 10.3. The number of anilines is 1. The Bertz CT molecular complexity index is 1030. The van der Waals surface area contributed by atoms with Crippen LogP contribution in [0, 0.1) is 13.8 Å². The van der Waals surface area contributed by atoms with Crippen LogP contribution in [-0.4, -0.2) is 35.9 Å². The highest BCUT2D eigenvalue weighted by molar-refractivity contribution is 6.03. The molecule has 8 heteroatoms. The average Bonchev–Trinajstić information content (AvgIpc) is 3.21. The minimum atomic E-state index is -0.324. The van der Waals surface area contributed by atoms with Gasteiger partial charge in [0.05, 0.1) is 19.8 Å². The van der Waals surface area contributed by atoms with Crippen molar-refractivity contribution in [3.8, 4) is 28.7 Å². The summed E-state index contributed by atoms with van der Waals surface area (Å²) in [6.45, 7) is 11.0. The van der Waals surface area contributed by atoms with Crippen LogP contribution in [-0.2, 0) is 0 Å². The maximum atomic E-state index is 12.5. The molecule has 0 radical (unpaired) electrons. The predicted octanol–water partition coefficient (Wildman–Crippen LogP) is 4.80. The van der Waals surface area contributed by atoms with E-state index in [2.05, 4.69) is 15.5 Å². The van der Waals surface area contributed by atoms with Crippen molar-refractivity contribution < 1.29 is 23.4 Å². The van der Waals surface area contributed by atoms with E-state index in [0.717, 1.165) is 11.1 Å². The summed E-state index contributed by atoms with van der Waals surface area (Å²) in [6.07, 6.45) is 0. The second-order valence-corrected chi connectivity index (χ2v) is 6.77. The summed E-state index contributed by atoms with van der Waals surface area (Å²) in [4.78, 5) is 12.5. The van der Waals surface area contributed by atoms with Crippen LogP contribution in [0.5, 0.6) is 17.2 Å². The van der Waals surface area contributed by atoms with Crippen LogP contribution in [0.25, 0.3) is 11.5 Å². The monoisotopic (exact) mass is 425 g/mol. The van der Waals surface area contributed by atoms with Crippen molar-refractivity contribution in [2.45, 2.75) is 34.6 Å². The van der Waals surface area contributed by atoms with Gasteiger partial charge in [0, 0.05) is 11.1 Å². The molecule has 3 rings (SSSR count). The van der Waals surface area contributed by atoms with Gasteiger partial charge in [-0.2, -0.15) is 0 Å². The van der Waals surface area contributed by atoms with Crippen molar-refractivity contribution in [3.05, 3.63) is 47.0 Å². The van der Waals surface area contributed by atoms with Crippen LogP contribution >= 0.6 is 0 Å². The molecule has 1 N–H and O–H groups in total. The highest BCUT2D eigenvalue weighted by Gasteiger charge is 2.19. The zero-order chi connectivity index (χ0) is 22.4. The van der Waals surface area contributed by atoms with E-state index in [1.165, 1.54) is 0 Å². The summed E-state index contributed by atoms with van der Waals surface area (Å²) >= 11 is 0. The first kappa shape index (κ1) is 22.1. The molecule has 1 heterocycles. The van der Waals surface area contributed by atoms with Crippen LogP contribution in [0.4, 0.5) is 6.01 Å². The molecule has 0 atom stereocenters. The normalized spacial score (nSPS) is 10.6. The van der Waals surface area contributed by atoms with Crippen molar-refractivity contribution >= 4 is 11.9 Å². The van der Waals surface area contributed by atoms with E-state index < -0.39 is 0 Å². The van der Waals surface area contributed by atoms with Crippen LogP contribution in [0.3, 0.4) is 0 Å². The molecular weight excluding hydrogens is 398 g/mol. The molecule has 0 bridgehead atoms. The Morgan fingerprint density at radius 3 is 2.13 bits per heavy atom. The predicted molar refractivity (Wildman–Crippen MR) is 117 cm³/mol. The van der Waals surface area contributed by atoms with Gasteiger partial charge in [0.1, 0.15) is 0 Å².